The highest BCUT2D eigenvalue weighted by atomic mass is 19.4. The van der Waals surface area contributed by atoms with Crippen LogP contribution in [0.1, 0.15) is 57.7 Å². The summed E-state index contributed by atoms with van der Waals surface area (Å²) in [6, 6.07) is 1.52. The summed E-state index contributed by atoms with van der Waals surface area (Å²) < 4.78 is 58.5. The fourth-order valence-electron chi connectivity index (χ4n) is 2.78. The number of carbonyl (C=O) groups is 1. The van der Waals surface area contributed by atoms with Gasteiger partial charge >= 0.3 is 12.3 Å². The molecule has 132 valence electrons. The lowest BCUT2D eigenvalue weighted by Gasteiger charge is -2.33. The van der Waals surface area contributed by atoms with Crippen LogP contribution in [-0.4, -0.2) is 18.3 Å². The van der Waals surface area contributed by atoms with E-state index in [-0.39, 0.29) is 6.61 Å². The van der Waals surface area contributed by atoms with Gasteiger partial charge in [-0.15, -0.1) is 0 Å². The molecule has 1 N–H and O–H groups in total. The molecule has 1 spiro atoms. The molecule has 0 bridgehead atoms. The Hall–Kier alpha value is -1.76. The number of carbonyl (C=O) groups excluding carboxylic acids is 1. The first-order valence-electron chi connectivity index (χ1n) is 8.22. The van der Waals surface area contributed by atoms with E-state index >= 15 is 0 Å². The van der Waals surface area contributed by atoms with Crippen molar-refractivity contribution >= 4 is 6.09 Å². The van der Waals surface area contributed by atoms with Crippen LogP contribution >= 0.6 is 0 Å². The van der Waals surface area contributed by atoms with Gasteiger partial charge in [0.1, 0.15) is 5.60 Å². The summed E-state index contributed by atoms with van der Waals surface area (Å²) in [5.41, 5.74) is -1.68. The van der Waals surface area contributed by atoms with Crippen molar-refractivity contribution in [1.82, 2.24) is 5.32 Å². The van der Waals surface area contributed by atoms with Crippen LogP contribution in [0.2, 0.25) is 0 Å². The van der Waals surface area contributed by atoms with E-state index in [9.17, 15) is 18.0 Å². The van der Waals surface area contributed by atoms with Gasteiger partial charge in [0.2, 0.25) is 0 Å². The largest absolute Gasteiger partial charge is 0.444 e. The number of benzene rings is 1. The number of hydrogen-bond acceptors (Lipinski definition) is 3. The van der Waals surface area contributed by atoms with Crippen LogP contribution in [0.25, 0.3) is 0 Å². The lowest BCUT2D eigenvalue weighted by molar-refractivity contribution is -0.137. The van der Waals surface area contributed by atoms with E-state index in [4.69, 9.17) is 10.8 Å². The zero-order valence-electron chi connectivity index (χ0n) is 14.7. The first-order valence-corrected chi connectivity index (χ1v) is 7.72. The standard InChI is InChI=1S/C17H20F3NO3/c1-15(2,3)24-14(22)21-13-9-23-16(6-7-16)12-8-10(17(18,19)20)4-5-11(12)13/h4-5,8,13H,6-7,9H2,1-3H3,(H,21,22)/i13D. The van der Waals surface area contributed by atoms with Crippen molar-refractivity contribution in [1.29, 1.82) is 0 Å². The predicted molar refractivity (Wildman–Crippen MR) is 80.4 cm³/mol. The van der Waals surface area contributed by atoms with Crippen LogP contribution in [0.5, 0.6) is 0 Å². The molecule has 1 heterocycles. The second-order valence-electron chi connectivity index (χ2n) is 7.15. The molecule has 0 saturated heterocycles. The molecule has 1 aliphatic carbocycles. The number of amides is 1. The molecule has 2 aliphatic rings. The van der Waals surface area contributed by atoms with Crippen LogP contribution in [0.15, 0.2) is 18.2 Å². The van der Waals surface area contributed by atoms with E-state index in [1.807, 2.05) is 0 Å². The second-order valence-corrected chi connectivity index (χ2v) is 7.15. The lowest BCUT2D eigenvalue weighted by atomic mass is 9.90. The average Bonchev–Trinajstić information content (AvgIpc) is 3.21. The van der Waals surface area contributed by atoms with Crippen LogP contribution in [0, 0.1) is 0 Å². The highest BCUT2D eigenvalue weighted by Crippen LogP contribution is 2.54. The maximum absolute atomic E-state index is 13.0. The van der Waals surface area contributed by atoms with Gasteiger partial charge in [0, 0.05) is 0 Å². The highest BCUT2D eigenvalue weighted by Gasteiger charge is 2.51. The smallest absolute Gasteiger partial charge is 0.416 e. The third-order valence-electron chi connectivity index (χ3n) is 4.01. The number of alkyl halides is 3. The normalized spacial score (nSPS) is 25.7. The van der Waals surface area contributed by atoms with Gasteiger partial charge in [-0.05, 0) is 56.9 Å². The molecular formula is C17H20F3NO3. The van der Waals surface area contributed by atoms with Gasteiger partial charge in [0.15, 0.2) is 0 Å². The summed E-state index contributed by atoms with van der Waals surface area (Å²) in [5.74, 6) is 0. The molecule has 1 atom stereocenters. The monoisotopic (exact) mass is 344 g/mol. The second kappa shape index (κ2) is 5.37. The predicted octanol–water partition coefficient (Wildman–Crippen LogP) is 4.29. The zero-order valence-corrected chi connectivity index (χ0v) is 13.7. The Bertz CT molecular complexity index is 710. The van der Waals surface area contributed by atoms with Crippen molar-refractivity contribution in [2.75, 3.05) is 6.61 Å². The summed E-state index contributed by atoms with van der Waals surface area (Å²) >= 11 is 0. The number of rotatable bonds is 1. The molecule has 1 amide bonds. The van der Waals surface area contributed by atoms with E-state index in [2.05, 4.69) is 5.32 Å². The number of fused-ring (bicyclic) bond motifs is 2. The minimum absolute atomic E-state index is 0.148. The van der Waals surface area contributed by atoms with Crippen molar-refractivity contribution in [2.45, 2.75) is 57.0 Å². The SMILES string of the molecule is [2H]C1(NC(=O)OC(C)(C)C)COC2(CC2)c2cc(C(F)(F)F)ccc21. The first kappa shape index (κ1) is 15.7. The topological polar surface area (TPSA) is 47.6 Å². The molecule has 0 radical (unpaired) electrons. The van der Waals surface area contributed by atoms with Gasteiger partial charge in [0.25, 0.3) is 0 Å². The molecule has 1 aromatic carbocycles. The molecule has 1 fully saturated rings. The lowest BCUT2D eigenvalue weighted by Crippen LogP contribution is -2.40. The average molecular weight is 344 g/mol. The summed E-state index contributed by atoms with van der Waals surface area (Å²) in [6.07, 6.45) is -4.09. The van der Waals surface area contributed by atoms with Gasteiger partial charge in [-0.3, -0.25) is 0 Å². The molecular weight excluding hydrogens is 323 g/mol. The Balaban J connectivity index is 1.96. The molecule has 0 aromatic heterocycles. The maximum atomic E-state index is 13.0. The molecule has 1 aliphatic heterocycles. The Morgan fingerprint density at radius 1 is 1.38 bits per heavy atom. The number of ether oxygens (including phenoxy) is 2. The van der Waals surface area contributed by atoms with Crippen LogP contribution < -0.4 is 5.32 Å². The van der Waals surface area contributed by atoms with E-state index in [1.54, 1.807) is 20.8 Å². The number of hydrogen-bond donors (Lipinski definition) is 1. The van der Waals surface area contributed by atoms with Crippen molar-refractivity contribution in [3.8, 4) is 0 Å². The Labute approximate surface area is 139 Å². The number of nitrogens with one attached hydrogen (secondary N) is 1. The molecule has 1 saturated carbocycles. The molecule has 3 rings (SSSR count). The van der Waals surface area contributed by atoms with Crippen molar-refractivity contribution in [3.63, 3.8) is 0 Å². The molecule has 7 heteroatoms. The third-order valence-corrected chi connectivity index (χ3v) is 4.01. The van der Waals surface area contributed by atoms with Crippen LogP contribution in [-0.2, 0) is 21.3 Å². The minimum Gasteiger partial charge on any atom is -0.444 e. The molecule has 24 heavy (non-hydrogen) atoms. The molecule has 1 unspecified atom stereocenters. The summed E-state index contributed by atoms with van der Waals surface area (Å²) in [7, 11) is 0. The molecule has 1 aromatic rings. The van der Waals surface area contributed by atoms with E-state index in [1.165, 1.54) is 6.07 Å². The fourth-order valence-corrected chi connectivity index (χ4v) is 2.78. The van der Waals surface area contributed by atoms with Crippen molar-refractivity contribution in [3.05, 3.63) is 34.9 Å². The van der Waals surface area contributed by atoms with Crippen LogP contribution in [0.4, 0.5) is 18.0 Å². The summed E-state index contributed by atoms with van der Waals surface area (Å²) in [5, 5.41) is 2.43. The van der Waals surface area contributed by atoms with E-state index in [0.717, 1.165) is 12.1 Å². The maximum Gasteiger partial charge on any atom is 0.416 e. The quantitative estimate of drug-likeness (QED) is 0.827. The first-order chi connectivity index (χ1) is 11.3. The van der Waals surface area contributed by atoms with Crippen LogP contribution in [0.3, 0.4) is 0 Å². The van der Waals surface area contributed by atoms with E-state index < -0.39 is 35.1 Å². The summed E-state index contributed by atoms with van der Waals surface area (Å²) in [6.45, 7) is 4.90. The summed E-state index contributed by atoms with van der Waals surface area (Å²) in [4.78, 5) is 12.1. The fraction of sp³-hybridized carbons (Fsp3) is 0.588. The van der Waals surface area contributed by atoms with Crippen molar-refractivity contribution < 1.29 is 28.8 Å². The number of halogens is 3. The van der Waals surface area contributed by atoms with Gasteiger partial charge < -0.3 is 14.8 Å². The van der Waals surface area contributed by atoms with Gasteiger partial charge in [-0.2, -0.15) is 13.2 Å². The number of alkyl carbamates (subject to hydrolysis) is 1. The Morgan fingerprint density at radius 3 is 2.58 bits per heavy atom. The zero-order chi connectivity index (χ0) is 18.7. The van der Waals surface area contributed by atoms with Crippen molar-refractivity contribution in [2.24, 2.45) is 0 Å². The van der Waals surface area contributed by atoms with E-state index in [0.29, 0.717) is 24.0 Å². The third kappa shape index (κ3) is 3.36. The Kier molecular flexibility index (Phi) is 3.53. The Morgan fingerprint density at radius 2 is 2.04 bits per heavy atom. The van der Waals surface area contributed by atoms with Gasteiger partial charge in [-0.25, -0.2) is 4.79 Å². The van der Waals surface area contributed by atoms with Gasteiger partial charge in [0.05, 0.1) is 25.2 Å². The molecule has 4 nitrogen and oxygen atoms in total. The highest BCUT2D eigenvalue weighted by molar-refractivity contribution is 5.68. The minimum atomic E-state index is -4.48. The van der Waals surface area contributed by atoms with Gasteiger partial charge in [-0.1, -0.05) is 6.07 Å².